The van der Waals surface area contributed by atoms with Gasteiger partial charge in [0, 0.05) is 19.6 Å². The van der Waals surface area contributed by atoms with Gasteiger partial charge in [0.15, 0.2) is 0 Å². The van der Waals surface area contributed by atoms with Crippen LogP contribution < -0.4 is 16.4 Å². The first-order valence-corrected chi connectivity index (χ1v) is 7.97. The second kappa shape index (κ2) is 13.8. The van der Waals surface area contributed by atoms with E-state index in [0.717, 1.165) is 31.2 Å². The minimum absolute atomic E-state index is 0. The lowest BCUT2D eigenvalue weighted by molar-refractivity contribution is -0.125. The molecule has 1 aliphatic rings. The van der Waals surface area contributed by atoms with Crippen LogP contribution in [-0.2, 0) is 9.59 Å². The van der Waals surface area contributed by atoms with Crippen LogP contribution in [0.25, 0.3) is 0 Å². The Morgan fingerprint density at radius 3 is 2.22 bits per heavy atom. The average molecular weight is 371 g/mol. The van der Waals surface area contributed by atoms with Gasteiger partial charge in [-0.1, -0.05) is 13.8 Å². The van der Waals surface area contributed by atoms with Crippen LogP contribution in [0.5, 0.6) is 0 Å². The van der Waals surface area contributed by atoms with Crippen LogP contribution in [0.2, 0.25) is 0 Å². The molecule has 0 radical (unpaired) electrons. The van der Waals surface area contributed by atoms with Crippen molar-refractivity contribution in [1.29, 1.82) is 0 Å². The highest BCUT2D eigenvalue weighted by molar-refractivity contribution is 5.86. The smallest absolute Gasteiger partial charge is 0.239 e. The number of hydrogen-bond acceptors (Lipinski definition) is 4. The first kappa shape index (κ1) is 24.7. The summed E-state index contributed by atoms with van der Waals surface area (Å²) in [6.45, 7) is 8.72. The summed E-state index contributed by atoms with van der Waals surface area (Å²) in [5, 5.41) is 5.25. The number of piperidine rings is 1. The third-order valence-electron chi connectivity index (χ3n) is 3.80. The Hall–Kier alpha value is -0.560. The molecular weight excluding hydrogens is 339 g/mol. The Labute approximate surface area is 152 Å². The summed E-state index contributed by atoms with van der Waals surface area (Å²) in [5.74, 6) is 1.12. The van der Waals surface area contributed by atoms with Gasteiger partial charge in [0.25, 0.3) is 0 Å². The SMILES string of the molecule is CC1CC(C)CN(CCCCNC(=O)CNC(=O)CN)C1.Cl.Cl. The van der Waals surface area contributed by atoms with Crippen LogP contribution >= 0.6 is 24.8 Å². The van der Waals surface area contributed by atoms with E-state index in [2.05, 4.69) is 29.4 Å². The third kappa shape index (κ3) is 11.6. The van der Waals surface area contributed by atoms with E-state index in [9.17, 15) is 9.59 Å². The zero-order valence-electron chi connectivity index (χ0n) is 14.2. The molecular formula is C15H32Cl2N4O2. The normalized spacial score (nSPS) is 20.8. The van der Waals surface area contributed by atoms with Gasteiger partial charge in [0.05, 0.1) is 13.1 Å². The number of likely N-dealkylation sites (tertiary alicyclic amines) is 1. The van der Waals surface area contributed by atoms with E-state index in [0.29, 0.717) is 6.54 Å². The molecule has 0 aliphatic carbocycles. The van der Waals surface area contributed by atoms with Crippen molar-refractivity contribution in [1.82, 2.24) is 15.5 Å². The minimum atomic E-state index is -0.307. The summed E-state index contributed by atoms with van der Waals surface area (Å²) in [7, 11) is 0. The average Bonchev–Trinajstić information content (AvgIpc) is 2.43. The predicted molar refractivity (Wildman–Crippen MR) is 98.2 cm³/mol. The summed E-state index contributed by atoms with van der Waals surface area (Å²) < 4.78 is 0. The van der Waals surface area contributed by atoms with Gasteiger partial charge in [-0.15, -0.1) is 24.8 Å². The lowest BCUT2D eigenvalue weighted by atomic mass is 9.92. The number of halogens is 2. The molecule has 1 fully saturated rings. The van der Waals surface area contributed by atoms with Crippen LogP contribution in [0, 0.1) is 11.8 Å². The van der Waals surface area contributed by atoms with Crippen LogP contribution in [-0.4, -0.2) is 56.0 Å². The molecule has 1 aliphatic heterocycles. The number of hydrogen-bond donors (Lipinski definition) is 3. The maximum atomic E-state index is 11.4. The van der Waals surface area contributed by atoms with Gasteiger partial charge in [-0.05, 0) is 37.6 Å². The van der Waals surface area contributed by atoms with Crippen molar-refractivity contribution in [3.63, 3.8) is 0 Å². The van der Waals surface area contributed by atoms with Crippen molar-refractivity contribution >= 4 is 36.6 Å². The molecule has 0 aromatic carbocycles. The quantitative estimate of drug-likeness (QED) is 0.551. The number of amides is 2. The van der Waals surface area contributed by atoms with Crippen molar-refractivity contribution in [2.24, 2.45) is 17.6 Å². The molecule has 1 rings (SSSR count). The summed E-state index contributed by atoms with van der Waals surface area (Å²) in [6.07, 6.45) is 3.39. The van der Waals surface area contributed by atoms with Crippen LogP contribution in [0.1, 0.15) is 33.1 Å². The highest BCUT2D eigenvalue weighted by Crippen LogP contribution is 2.20. The molecule has 1 heterocycles. The van der Waals surface area contributed by atoms with Gasteiger partial charge < -0.3 is 21.3 Å². The molecule has 0 saturated carbocycles. The topological polar surface area (TPSA) is 87.5 Å². The Balaban J connectivity index is 0. The minimum Gasteiger partial charge on any atom is -0.355 e. The van der Waals surface area contributed by atoms with E-state index >= 15 is 0 Å². The summed E-state index contributed by atoms with van der Waals surface area (Å²) in [4.78, 5) is 24.9. The van der Waals surface area contributed by atoms with Crippen LogP contribution in [0.3, 0.4) is 0 Å². The van der Waals surface area contributed by atoms with Crippen molar-refractivity contribution in [3.05, 3.63) is 0 Å². The number of nitrogens with zero attached hydrogens (tertiary/aromatic N) is 1. The van der Waals surface area contributed by atoms with E-state index < -0.39 is 0 Å². The lowest BCUT2D eigenvalue weighted by Gasteiger charge is -2.34. The molecule has 0 aromatic heterocycles. The molecule has 4 N–H and O–H groups in total. The van der Waals surface area contributed by atoms with E-state index in [1.165, 1.54) is 19.5 Å². The fourth-order valence-electron chi connectivity index (χ4n) is 2.98. The van der Waals surface area contributed by atoms with Gasteiger partial charge in [-0.3, -0.25) is 9.59 Å². The molecule has 1 saturated heterocycles. The van der Waals surface area contributed by atoms with Crippen molar-refractivity contribution in [3.8, 4) is 0 Å². The van der Waals surface area contributed by atoms with E-state index in [-0.39, 0.29) is 49.7 Å². The monoisotopic (exact) mass is 370 g/mol. The molecule has 0 bridgehead atoms. The Morgan fingerprint density at radius 2 is 1.65 bits per heavy atom. The highest BCUT2D eigenvalue weighted by Gasteiger charge is 2.20. The third-order valence-corrected chi connectivity index (χ3v) is 3.80. The second-order valence-corrected chi connectivity index (χ2v) is 6.24. The van der Waals surface area contributed by atoms with Crippen LogP contribution in [0.4, 0.5) is 0 Å². The molecule has 2 amide bonds. The molecule has 0 spiro atoms. The first-order chi connectivity index (χ1) is 10.0. The van der Waals surface area contributed by atoms with Crippen molar-refractivity contribution < 1.29 is 9.59 Å². The number of nitrogens with two attached hydrogens (primary N) is 1. The zero-order valence-corrected chi connectivity index (χ0v) is 15.8. The predicted octanol–water partition coefficient (Wildman–Crippen LogP) is 0.779. The van der Waals surface area contributed by atoms with Crippen molar-refractivity contribution in [2.45, 2.75) is 33.1 Å². The molecule has 138 valence electrons. The molecule has 2 atom stereocenters. The second-order valence-electron chi connectivity index (χ2n) is 6.24. The number of carbonyl (C=O) groups is 2. The maximum absolute atomic E-state index is 11.4. The molecule has 0 aromatic rings. The van der Waals surface area contributed by atoms with Gasteiger partial charge in [-0.25, -0.2) is 0 Å². The molecule has 6 nitrogen and oxygen atoms in total. The van der Waals surface area contributed by atoms with Gasteiger partial charge >= 0.3 is 0 Å². The van der Waals surface area contributed by atoms with Crippen LogP contribution in [0.15, 0.2) is 0 Å². The van der Waals surface area contributed by atoms with E-state index in [1.54, 1.807) is 0 Å². The number of unbranched alkanes of at least 4 members (excludes halogenated alkanes) is 1. The van der Waals surface area contributed by atoms with E-state index in [4.69, 9.17) is 5.73 Å². The Kier molecular flexibility index (Phi) is 14.9. The Morgan fingerprint density at radius 1 is 1.04 bits per heavy atom. The zero-order chi connectivity index (χ0) is 15.7. The van der Waals surface area contributed by atoms with Gasteiger partial charge in [0.2, 0.25) is 11.8 Å². The number of rotatable bonds is 8. The lowest BCUT2D eigenvalue weighted by Crippen LogP contribution is -2.40. The largest absolute Gasteiger partial charge is 0.355 e. The number of carbonyl (C=O) groups excluding carboxylic acids is 2. The summed E-state index contributed by atoms with van der Waals surface area (Å²) >= 11 is 0. The standard InChI is InChI=1S/C15H30N4O2.2ClH/c1-12-7-13(2)11-19(10-12)6-4-3-5-17-15(21)9-18-14(20)8-16;;/h12-13H,3-11,16H2,1-2H3,(H,17,21)(H,18,20);2*1H. The van der Waals surface area contributed by atoms with Gasteiger partial charge in [-0.2, -0.15) is 0 Å². The fourth-order valence-corrected chi connectivity index (χ4v) is 2.98. The molecule has 2 unspecified atom stereocenters. The first-order valence-electron chi connectivity index (χ1n) is 7.97. The molecule has 8 heteroatoms. The Bertz CT molecular complexity index is 335. The van der Waals surface area contributed by atoms with Gasteiger partial charge in [0.1, 0.15) is 0 Å². The van der Waals surface area contributed by atoms with Crippen molar-refractivity contribution in [2.75, 3.05) is 39.3 Å². The number of nitrogens with one attached hydrogen (secondary N) is 2. The van der Waals surface area contributed by atoms with E-state index in [1.807, 2.05) is 0 Å². The summed E-state index contributed by atoms with van der Waals surface area (Å²) in [5.41, 5.74) is 5.14. The maximum Gasteiger partial charge on any atom is 0.239 e. The highest BCUT2D eigenvalue weighted by atomic mass is 35.5. The fraction of sp³-hybridized carbons (Fsp3) is 0.867. The summed E-state index contributed by atoms with van der Waals surface area (Å²) in [6, 6.07) is 0. The molecule has 23 heavy (non-hydrogen) atoms.